The Bertz CT molecular complexity index is 984. The Morgan fingerprint density at radius 2 is 1.83 bits per heavy atom. The molecule has 3 aromatic rings. The predicted molar refractivity (Wildman–Crippen MR) is 116 cm³/mol. The van der Waals surface area contributed by atoms with E-state index in [0.29, 0.717) is 17.8 Å². The number of allylic oxidation sites excluding steroid dienone is 1. The maximum absolute atomic E-state index is 10.5. The standard InChI is InChI=1S/C22H23N7O/c30-11-3-8-29-9-5-19(6-10-29)27-20-12-17(13-23-16-20)18-14-25-22(26-15-18)28-21-4-1-2-7-24-21/h1-4,7-8,11-16,19,27H,5-6,9-10H2,(H,24,25,26,28). The average molecular weight is 401 g/mol. The van der Waals surface area contributed by atoms with Crippen molar-refractivity contribution in [1.29, 1.82) is 0 Å². The van der Waals surface area contributed by atoms with Crippen LogP contribution in [0.2, 0.25) is 0 Å². The Kier molecular flexibility index (Phi) is 6.24. The lowest BCUT2D eigenvalue weighted by molar-refractivity contribution is -0.104. The molecule has 3 aromatic heterocycles. The lowest BCUT2D eigenvalue weighted by Crippen LogP contribution is -2.36. The highest BCUT2D eigenvalue weighted by atomic mass is 16.1. The smallest absolute Gasteiger partial charge is 0.228 e. The van der Waals surface area contributed by atoms with Crippen molar-refractivity contribution in [3.63, 3.8) is 0 Å². The predicted octanol–water partition coefficient (Wildman–Crippen LogP) is 3.27. The number of likely N-dealkylation sites (tertiary alicyclic amines) is 1. The molecule has 0 aliphatic carbocycles. The summed E-state index contributed by atoms with van der Waals surface area (Å²) in [4.78, 5) is 30.0. The summed E-state index contributed by atoms with van der Waals surface area (Å²) >= 11 is 0. The van der Waals surface area contributed by atoms with E-state index in [2.05, 4.69) is 41.5 Å². The first-order valence-corrected chi connectivity index (χ1v) is 9.88. The number of nitrogens with zero attached hydrogens (tertiary/aromatic N) is 5. The van der Waals surface area contributed by atoms with Gasteiger partial charge in [0, 0.05) is 67.4 Å². The van der Waals surface area contributed by atoms with Crippen molar-refractivity contribution in [3.05, 3.63) is 67.5 Å². The molecule has 0 amide bonds. The van der Waals surface area contributed by atoms with Crippen LogP contribution in [0.25, 0.3) is 11.1 Å². The largest absolute Gasteiger partial charge is 0.381 e. The summed E-state index contributed by atoms with van der Waals surface area (Å²) in [6.07, 6.45) is 15.1. The van der Waals surface area contributed by atoms with Gasteiger partial charge in [-0.2, -0.15) is 0 Å². The van der Waals surface area contributed by atoms with Gasteiger partial charge in [-0.05, 0) is 37.1 Å². The first kappa shape index (κ1) is 19.5. The molecule has 1 saturated heterocycles. The Balaban J connectivity index is 1.37. The van der Waals surface area contributed by atoms with Crippen molar-refractivity contribution in [2.24, 2.45) is 0 Å². The third-order valence-corrected chi connectivity index (χ3v) is 4.90. The Hall–Kier alpha value is -3.81. The van der Waals surface area contributed by atoms with Crippen molar-refractivity contribution in [2.45, 2.75) is 18.9 Å². The zero-order valence-corrected chi connectivity index (χ0v) is 16.5. The molecule has 0 saturated carbocycles. The number of rotatable bonds is 7. The van der Waals surface area contributed by atoms with Gasteiger partial charge in [-0.3, -0.25) is 9.78 Å². The zero-order chi connectivity index (χ0) is 20.6. The number of pyridine rings is 2. The number of piperidine rings is 1. The number of aromatic nitrogens is 4. The Morgan fingerprint density at radius 3 is 2.57 bits per heavy atom. The first-order valence-electron chi connectivity index (χ1n) is 9.88. The minimum Gasteiger partial charge on any atom is -0.381 e. The summed E-state index contributed by atoms with van der Waals surface area (Å²) in [5.41, 5.74) is 2.83. The van der Waals surface area contributed by atoms with E-state index in [1.54, 1.807) is 24.7 Å². The summed E-state index contributed by atoms with van der Waals surface area (Å²) in [6, 6.07) is 8.07. The van der Waals surface area contributed by atoms with Crippen molar-refractivity contribution in [3.8, 4) is 11.1 Å². The van der Waals surface area contributed by atoms with Gasteiger partial charge < -0.3 is 15.5 Å². The van der Waals surface area contributed by atoms with Gasteiger partial charge in [0.25, 0.3) is 0 Å². The highest BCUT2D eigenvalue weighted by molar-refractivity contribution is 5.66. The molecule has 0 spiro atoms. The number of hydrogen-bond donors (Lipinski definition) is 2. The summed E-state index contributed by atoms with van der Waals surface area (Å²) in [5, 5.41) is 6.64. The molecular weight excluding hydrogens is 378 g/mol. The number of aldehydes is 1. The topological polar surface area (TPSA) is 95.9 Å². The van der Waals surface area contributed by atoms with Crippen LogP contribution in [0, 0.1) is 0 Å². The molecule has 1 aliphatic rings. The van der Waals surface area contributed by atoms with Crippen molar-refractivity contribution in [1.82, 2.24) is 24.8 Å². The van der Waals surface area contributed by atoms with Crippen LogP contribution in [-0.4, -0.2) is 50.3 Å². The third kappa shape index (κ3) is 5.16. The normalized spacial score (nSPS) is 14.6. The molecule has 2 N–H and O–H groups in total. The Labute approximate surface area is 175 Å². The van der Waals surface area contributed by atoms with Crippen LogP contribution < -0.4 is 10.6 Å². The molecular formula is C22H23N7O. The van der Waals surface area contributed by atoms with Crippen LogP contribution in [0.1, 0.15) is 12.8 Å². The number of nitrogens with one attached hydrogen (secondary N) is 2. The van der Waals surface area contributed by atoms with E-state index in [1.807, 2.05) is 36.8 Å². The van der Waals surface area contributed by atoms with Gasteiger partial charge in [0.05, 0.1) is 5.69 Å². The molecule has 30 heavy (non-hydrogen) atoms. The second-order valence-electron chi connectivity index (χ2n) is 7.03. The molecule has 0 radical (unpaired) electrons. The third-order valence-electron chi connectivity index (χ3n) is 4.90. The van der Waals surface area contributed by atoms with E-state index in [0.717, 1.165) is 49.0 Å². The molecule has 0 atom stereocenters. The van der Waals surface area contributed by atoms with E-state index in [4.69, 9.17) is 0 Å². The van der Waals surface area contributed by atoms with Crippen LogP contribution in [0.3, 0.4) is 0 Å². The van der Waals surface area contributed by atoms with E-state index in [9.17, 15) is 4.79 Å². The summed E-state index contributed by atoms with van der Waals surface area (Å²) in [6.45, 7) is 1.85. The fourth-order valence-corrected chi connectivity index (χ4v) is 3.36. The molecule has 0 unspecified atom stereocenters. The van der Waals surface area contributed by atoms with Crippen molar-refractivity contribution < 1.29 is 4.79 Å². The highest BCUT2D eigenvalue weighted by Gasteiger charge is 2.17. The molecule has 1 fully saturated rings. The van der Waals surface area contributed by atoms with Crippen LogP contribution in [0.5, 0.6) is 0 Å². The summed E-state index contributed by atoms with van der Waals surface area (Å²) in [5.74, 6) is 1.20. The van der Waals surface area contributed by atoms with Gasteiger partial charge in [0.2, 0.25) is 5.95 Å². The molecule has 152 valence electrons. The number of carbonyl (C=O) groups is 1. The molecule has 4 rings (SSSR count). The van der Waals surface area contributed by atoms with Crippen molar-refractivity contribution >= 4 is 23.7 Å². The van der Waals surface area contributed by atoms with E-state index in [-0.39, 0.29) is 0 Å². The summed E-state index contributed by atoms with van der Waals surface area (Å²) in [7, 11) is 0. The molecule has 8 nitrogen and oxygen atoms in total. The lowest BCUT2D eigenvalue weighted by atomic mass is 10.0. The lowest BCUT2D eigenvalue weighted by Gasteiger charge is -2.32. The van der Waals surface area contributed by atoms with Gasteiger partial charge in [-0.1, -0.05) is 6.07 Å². The molecule has 4 heterocycles. The minimum atomic E-state index is 0.379. The monoisotopic (exact) mass is 401 g/mol. The number of carbonyl (C=O) groups excluding carboxylic acids is 1. The van der Waals surface area contributed by atoms with Crippen LogP contribution >= 0.6 is 0 Å². The number of hydrogen-bond acceptors (Lipinski definition) is 8. The van der Waals surface area contributed by atoms with Gasteiger partial charge >= 0.3 is 0 Å². The molecule has 8 heteroatoms. The van der Waals surface area contributed by atoms with Gasteiger partial charge in [0.15, 0.2) is 0 Å². The fourth-order valence-electron chi connectivity index (χ4n) is 3.36. The SMILES string of the molecule is O=CC=CN1CCC(Nc2cncc(-c3cnc(Nc4ccccn4)nc3)c2)CC1. The van der Waals surface area contributed by atoms with Gasteiger partial charge in [0.1, 0.15) is 12.1 Å². The van der Waals surface area contributed by atoms with Crippen LogP contribution in [-0.2, 0) is 4.79 Å². The van der Waals surface area contributed by atoms with Crippen molar-refractivity contribution in [2.75, 3.05) is 23.7 Å². The van der Waals surface area contributed by atoms with E-state index >= 15 is 0 Å². The van der Waals surface area contributed by atoms with Gasteiger partial charge in [-0.25, -0.2) is 15.0 Å². The Morgan fingerprint density at radius 1 is 1.00 bits per heavy atom. The van der Waals surface area contributed by atoms with E-state index < -0.39 is 0 Å². The fraction of sp³-hybridized carbons (Fsp3) is 0.227. The van der Waals surface area contributed by atoms with Gasteiger partial charge in [-0.15, -0.1) is 0 Å². The second-order valence-corrected chi connectivity index (χ2v) is 7.03. The second kappa shape index (κ2) is 9.60. The zero-order valence-electron chi connectivity index (χ0n) is 16.5. The minimum absolute atomic E-state index is 0.379. The maximum atomic E-state index is 10.5. The number of anilines is 3. The maximum Gasteiger partial charge on any atom is 0.228 e. The molecule has 0 bridgehead atoms. The first-order chi connectivity index (χ1) is 14.8. The highest BCUT2D eigenvalue weighted by Crippen LogP contribution is 2.23. The van der Waals surface area contributed by atoms with E-state index in [1.165, 1.54) is 0 Å². The molecule has 1 aliphatic heterocycles. The molecule has 0 aromatic carbocycles. The van der Waals surface area contributed by atoms with Crippen LogP contribution in [0.4, 0.5) is 17.5 Å². The average Bonchev–Trinajstić information content (AvgIpc) is 2.80. The van der Waals surface area contributed by atoms with Crippen LogP contribution in [0.15, 0.2) is 67.5 Å². The quantitative estimate of drug-likeness (QED) is 0.460. The summed E-state index contributed by atoms with van der Waals surface area (Å²) < 4.78 is 0.